The van der Waals surface area contributed by atoms with Crippen LogP contribution in [0.25, 0.3) is 0 Å². The van der Waals surface area contributed by atoms with Gasteiger partial charge in [0.15, 0.2) is 0 Å². The molecule has 0 aliphatic carbocycles. The topological polar surface area (TPSA) is 29.5 Å². The van der Waals surface area contributed by atoms with Gasteiger partial charge in [0, 0.05) is 13.5 Å². The van der Waals surface area contributed by atoms with E-state index >= 15 is 0 Å². The maximum Gasteiger partial charge on any atom is 0.126 e. The summed E-state index contributed by atoms with van der Waals surface area (Å²) in [5, 5.41) is 9.80. The lowest BCUT2D eigenvalue weighted by atomic mass is 10.0. The van der Waals surface area contributed by atoms with Gasteiger partial charge in [-0.3, -0.25) is 0 Å². The van der Waals surface area contributed by atoms with Gasteiger partial charge in [0.25, 0.3) is 0 Å². The molecule has 0 aromatic heterocycles. The van der Waals surface area contributed by atoms with Crippen molar-refractivity contribution in [2.45, 2.75) is 32.0 Å². The summed E-state index contributed by atoms with van der Waals surface area (Å²) >= 11 is 0. The molecule has 0 spiro atoms. The SMILES string of the molecule is CCC(OC)C(O)Cc1ccccc1F. The van der Waals surface area contributed by atoms with Crippen LogP contribution in [0.3, 0.4) is 0 Å². The maximum absolute atomic E-state index is 13.3. The Bertz CT molecular complexity index is 297. The Morgan fingerprint density at radius 2 is 2.07 bits per heavy atom. The molecule has 1 rings (SSSR count). The summed E-state index contributed by atoms with van der Waals surface area (Å²) in [5.74, 6) is -0.275. The number of rotatable bonds is 5. The normalized spacial score (nSPS) is 14.9. The summed E-state index contributed by atoms with van der Waals surface area (Å²) in [6, 6.07) is 6.48. The number of methoxy groups -OCH3 is 1. The Kier molecular flexibility index (Phi) is 4.72. The number of aliphatic hydroxyl groups is 1. The largest absolute Gasteiger partial charge is 0.390 e. The van der Waals surface area contributed by atoms with E-state index in [2.05, 4.69) is 0 Å². The molecule has 84 valence electrons. The molecule has 2 nitrogen and oxygen atoms in total. The van der Waals surface area contributed by atoms with Crippen molar-refractivity contribution in [2.75, 3.05) is 7.11 Å². The third-order valence-electron chi connectivity index (χ3n) is 2.52. The van der Waals surface area contributed by atoms with Gasteiger partial charge in [-0.05, 0) is 18.1 Å². The lowest BCUT2D eigenvalue weighted by molar-refractivity contribution is -0.0131. The third kappa shape index (κ3) is 3.29. The minimum Gasteiger partial charge on any atom is -0.390 e. The minimum absolute atomic E-state index is 0.232. The fourth-order valence-corrected chi connectivity index (χ4v) is 1.62. The van der Waals surface area contributed by atoms with E-state index in [0.29, 0.717) is 18.4 Å². The fourth-order valence-electron chi connectivity index (χ4n) is 1.62. The summed E-state index contributed by atoms with van der Waals surface area (Å²) in [5.41, 5.74) is 0.528. The Morgan fingerprint density at radius 1 is 1.40 bits per heavy atom. The molecule has 0 saturated heterocycles. The number of hydrogen-bond acceptors (Lipinski definition) is 2. The van der Waals surface area contributed by atoms with Crippen molar-refractivity contribution in [3.63, 3.8) is 0 Å². The van der Waals surface area contributed by atoms with Crippen molar-refractivity contribution in [1.29, 1.82) is 0 Å². The van der Waals surface area contributed by atoms with Gasteiger partial charge in [0.05, 0.1) is 12.2 Å². The van der Waals surface area contributed by atoms with Crippen LogP contribution in [0.5, 0.6) is 0 Å². The highest BCUT2D eigenvalue weighted by Crippen LogP contribution is 2.13. The van der Waals surface area contributed by atoms with Crippen LogP contribution in [0.2, 0.25) is 0 Å². The van der Waals surface area contributed by atoms with Crippen LogP contribution in [0, 0.1) is 5.82 Å². The van der Waals surface area contributed by atoms with Crippen molar-refractivity contribution < 1.29 is 14.2 Å². The van der Waals surface area contributed by atoms with Crippen LogP contribution in [-0.2, 0) is 11.2 Å². The Morgan fingerprint density at radius 3 is 2.60 bits per heavy atom. The quantitative estimate of drug-likeness (QED) is 0.810. The van der Waals surface area contributed by atoms with E-state index in [1.54, 1.807) is 25.3 Å². The van der Waals surface area contributed by atoms with Gasteiger partial charge < -0.3 is 9.84 Å². The van der Waals surface area contributed by atoms with Gasteiger partial charge in [0.2, 0.25) is 0 Å². The smallest absolute Gasteiger partial charge is 0.126 e. The molecule has 0 amide bonds. The predicted octanol–water partition coefficient (Wildman–Crippen LogP) is 2.15. The number of ether oxygens (including phenoxy) is 1. The standard InChI is InChI=1S/C12H17FO2/c1-3-12(15-2)11(14)8-9-6-4-5-7-10(9)13/h4-7,11-12,14H,3,8H2,1-2H3. The second kappa shape index (κ2) is 5.83. The van der Waals surface area contributed by atoms with Crippen molar-refractivity contribution in [2.24, 2.45) is 0 Å². The fraction of sp³-hybridized carbons (Fsp3) is 0.500. The lowest BCUT2D eigenvalue weighted by Gasteiger charge is -2.20. The highest BCUT2D eigenvalue weighted by molar-refractivity contribution is 5.18. The van der Waals surface area contributed by atoms with E-state index in [-0.39, 0.29) is 11.9 Å². The first-order valence-corrected chi connectivity index (χ1v) is 5.13. The Hall–Kier alpha value is -0.930. The molecular formula is C12H17FO2. The summed E-state index contributed by atoms with van der Waals surface area (Å²) in [4.78, 5) is 0. The molecule has 0 aliphatic heterocycles. The monoisotopic (exact) mass is 212 g/mol. The highest BCUT2D eigenvalue weighted by atomic mass is 19.1. The second-order valence-corrected chi connectivity index (χ2v) is 3.55. The first-order valence-electron chi connectivity index (χ1n) is 5.13. The van der Waals surface area contributed by atoms with Gasteiger partial charge >= 0.3 is 0 Å². The molecule has 0 fully saturated rings. The van der Waals surface area contributed by atoms with Gasteiger partial charge in [-0.25, -0.2) is 4.39 Å². The van der Waals surface area contributed by atoms with E-state index in [4.69, 9.17) is 4.74 Å². The van der Waals surface area contributed by atoms with Crippen molar-refractivity contribution in [3.05, 3.63) is 35.6 Å². The molecule has 1 aromatic rings. The molecule has 15 heavy (non-hydrogen) atoms. The molecule has 1 aromatic carbocycles. The second-order valence-electron chi connectivity index (χ2n) is 3.55. The number of aliphatic hydroxyl groups excluding tert-OH is 1. The first-order chi connectivity index (χ1) is 7.19. The summed E-state index contributed by atoms with van der Waals surface area (Å²) in [6.45, 7) is 1.93. The van der Waals surface area contributed by atoms with Crippen LogP contribution >= 0.6 is 0 Å². The molecule has 0 aliphatic rings. The molecule has 0 saturated carbocycles. The molecule has 1 N–H and O–H groups in total. The highest BCUT2D eigenvalue weighted by Gasteiger charge is 2.18. The molecular weight excluding hydrogens is 195 g/mol. The van der Waals surface area contributed by atoms with E-state index < -0.39 is 6.10 Å². The minimum atomic E-state index is -0.656. The van der Waals surface area contributed by atoms with E-state index in [1.807, 2.05) is 6.92 Å². The zero-order valence-electron chi connectivity index (χ0n) is 9.11. The first kappa shape index (κ1) is 12.1. The molecule has 0 radical (unpaired) electrons. The van der Waals surface area contributed by atoms with Crippen LogP contribution in [0.1, 0.15) is 18.9 Å². The average Bonchev–Trinajstić information content (AvgIpc) is 2.23. The average molecular weight is 212 g/mol. The number of halogens is 1. The van der Waals surface area contributed by atoms with Crippen LogP contribution in [0.15, 0.2) is 24.3 Å². The molecule has 0 bridgehead atoms. The zero-order chi connectivity index (χ0) is 11.3. The van der Waals surface area contributed by atoms with Crippen LogP contribution in [0.4, 0.5) is 4.39 Å². The van der Waals surface area contributed by atoms with E-state index in [9.17, 15) is 9.50 Å². The Balaban J connectivity index is 2.65. The molecule has 3 heteroatoms. The summed E-state index contributed by atoms with van der Waals surface area (Å²) < 4.78 is 18.4. The van der Waals surface area contributed by atoms with Gasteiger partial charge in [-0.15, -0.1) is 0 Å². The number of benzene rings is 1. The third-order valence-corrected chi connectivity index (χ3v) is 2.52. The zero-order valence-corrected chi connectivity index (χ0v) is 9.11. The van der Waals surface area contributed by atoms with Crippen LogP contribution in [-0.4, -0.2) is 24.4 Å². The maximum atomic E-state index is 13.3. The molecule has 0 heterocycles. The molecule has 2 unspecified atom stereocenters. The van der Waals surface area contributed by atoms with Crippen LogP contribution < -0.4 is 0 Å². The van der Waals surface area contributed by atoms with Gasteiger partial charge in [-0.2, -0.15) is 0 Å². The lowest BCUT2D eigenvalue weighted by Crippen LogP contribution is -2.29. The van der Waals surface area contributed by atoms with Crippen molar-refractivity contribution in [3.8, 4) is 0 Å². The Labute approximate surface area is 89.7 Å². The van der Waals surface area contributed by atoms with Gasteiger partial charge in [0.1, 0.15) is 5.82 Å². The molecule has 2 atom stereocenters. The summed E-state index contributed by atoms with van der Waals surface area (Å²) in [6.07, 6.45) is 0.118. The van der Waals surface area contributed by atoms with Crippen molar-refractivity contribution >= 4 is 0 Å². The summed E-state index contributed by atoms with van der Waals surface area (Å²) in [7, 11) is 1.55. The van der Waals surface area contributed by atoms with Crippen molar-refractivity contribution in [1.82, 2.24) is 0 Å². The van der Waals surface area contributed by atoms with E-state index in [0.717, 1.165) is 0 Å². The number of hydrogen-bond donors (Lipinski definition) is 1. The van der Waals surface area contributed by atoms with Gasteiger partial charge in [-0.1, -0.05) is 25.1 Å². The van der Waals surface area contributed by atoms with E-state index in [1.165, 1.54) is 6.07 Å². The predicted molar refractivity (Wildman–Crippen MR) is 57.2 cm³/mol.